The van der Waals surface area contributed by atoms with Gasteiger partial charge in [-0.1, -0.05) is 12.1 Å². The number of hydrogen-bond acceptors (Lipinski definition) is 2. The van der Waals surface area contributed by atoms with Crippen LogP contribution in [0.1, 0.15) is 62.8 Å². The van der Waals surface area contributed by atoms with Gasteiger partial charge >= 0.3 is 0 Å². The fourth-order valence-electron chi connectivity index (χ4n) is 6.87. The van der Waals surface area contributed by atoms with E-state index in [4.69, 9.17) is 0 Å². The third kappa shape index (κ3) is 2.67. The Bertz CT molecular complexity index is 622. The summed E-state index contributed by atoms with van der Waals surface area (Å²) in [4.78, 5) is 15.6. The summed E-state index contributed by atoms with van der Waals surface area (Å²) in [7, 11) is 0. The SMILES string of the molecule is O=C(N1CCC(c2ccc(O)cc2)CC1)C12CC3CC(CC(C3)C1)C2. The standard InChI is InChI=1S/C22H29NO2/c24-20-3-1-18(2-4-20)19-5-7-23(8-6-19)21(25)22-12-15-9-16(13-22)11-17(10-15)14-22/h1-4,15-17,19,24H,5-14H2. The van der Waals surface area contributed by atoms with Gasteiger partial charge in [-0.15, -0.1) is 0 Å². The third-order valence-electron chi connectivity index (χ3n) is 7.64. The Morgan fingerprint density at radius 3 is 1.96 bits per heavy atom. The lowest BCUT2D eigenvalue weighted by molar-refractivity contribution is -0.158. The quantitative estimate of drug-likeness (QED) is 0.872. The summed E-state index contributed by atoms with van der Waals surface area (Å²) in [5.41, 5.74) is 1.32. The van der Waals surface area contributed by atoms with Crippen LogP contribution in [0.5, 0.6) is 5.75 Å². The maximum atomic E-state index is 13.4. The van der Waals surface area contributed by atoms with Gasteiger partial charge in [0.25, 0.3) is 0 Å². The van der Waals surface area contributed by atoms with E-state index in [1.807, 2.05) is 12.1 Å². The zero-order valence-electron chi connectivity index (χ0n) is 15.0. The van der Waals surface area contributed by atoms with Gasteiger partial charge in [-0.25, -0.2) is 0 Å². The molecule has 1 amide bonds. The number of likely N-dealkylation sites (tertiary alicyclic amines) is 1. The minimum atomic E-state index is 0.0140. The van der Waals surface area contributed by atoms with Crippen LogP contribution in [0, 0.1) is 23.2 Å². The number of phenolic OH excluding ortho intramolecular Hbond substituents is 1. The predicted molar refractivity (Wildman–Crippen MR) is 97.3 cm³/mol. The second kappa shape index (κ2) is 5.75. The van der Waals surface area contributed by atoms with Crippen molar-refractivity contribution in [1.29, 1.82) is 0 Å². The van der Waals surface area contributed by atoms with Gasteiger partial charge in [0.15, 0.2) is 0 Å². The monoisotopic (exact) mass is 339 g/mol. The molecule has 0 spiro atoms. The molecule has 0 atom stereocenters. The normalized spacial score (nSPS) is 37.4. The molecule has 0 radical (unpaired) electrons. The van der Waals surface area contributed by atoms with Crippen molar-refractivity contribution < 1.29 is 9.90 Å². The molecule has 4 bridgehead atoms. The Morgan fingerprint density at radius 2 is 1.44 bits per heavy atom. The van der Waals surface area contributed by atoms with Crippen molar-refractivity contribution in [2.45, 2.75) is 57.3 Å². The number of aromatic hydroxyl groups is 1. The first-order valence-electron chi connectivity index (χ1n) is 10.2. The smallest absolute Gasteiger partial charge is 0.228 e. The zero-order chi connectivity index (χ0) is 17.0. The van der Waals surface area contributed by atoms with Crippen molar-refractivity contribution in [2.75, 3.05) is 13.1 Å². The van der Waals surface area contributed by atoms with Gasteiger partial charge in [0, 0.05) is 13.1 Å². The molecule has 3 nitrogen and oxygen atoms in total. The van der Waals surface area contributed by atoms with Gasteiger partial charge < -0.3 is 10.0 Å². The maximum Gasteiger partial charge on any atom is 0.228 e. The molecule has 6 rings (SSSR count). The van der Waals surface area contributed by atoms with E-state index >= 15 is 0 Å². The summed E-state index contributed by atoms with van der Waals surface area (Å²) in [6.07, 6.45) is 9.84. The second-order valence-electron chi connectivity index (χ2n) is 9.36. The molecule has 5 aliphatic rings. The Balaban J connectivity index is 1.26. The summed E-state index contributed by atoms with van der Waals surface area (Å²) in [5.74, 6) is 3.87. The first-order valence-corrected chi connectivity index (χ1v) is 10.2. The average Bonchev–Trinajstić information content (AvgIpc) is 2.61. The van der Waals surface area contributed by atoms with E-state index < -0.39 is 0 Å². The highest BCUT2D eigenvalue weighted by molar-refractivity contribution is 5.83. The zero-order valence-corrected chi connectivity index (χ0v) is 15.0. The Labute approximate surface area is 150 Å². The van der Waals surface area contributed by atoms with Crippen LogP contribution in [-0.4, -0.2) is 29.0 Å². The van der Waals surface area contributed by atoms with Crippen LogP contribution < -0.4 is 0 Å². The van der Waals surface area contributed by atoms with Crippen molar-refractivity contribution >= 4 is 5.91 Å². The number of phenols is 1. The van der Waals surface area contributed by atoms with Crippen molar-refractivity contribution in [3.63, 3.8) is 0 Å². The van der Waals surface area contributed by atoms with E-state index in [1.165, 1.54) is 44.1 Å². The van der Waals surface area contributed by atoms with Gasteiger partial charge in [0.2, 0.25) is 5.91 Å². The second-order valence-corrected chi connectivity index (χ2v) is 9.36. The third-order valence-corrected chi connectivity index (χ3v) is 7.64. The fourth-order valence-corrected chi connectivity index (χ4v) is 6.87. The van der Waals surface area contributed by atoms with E-state index in [-0.39, 0.29) is 5.41 Å². The molecule has 1 heterocycles. The maximum absolute atomic E-state index is 13.4. The van der Waals surface area contributed by atoms with E-state index in [0.29, 0.717) is 17.6 Å². The number of hydrogen-bond donors (Lipinski definition) is 1. The minimum Gasteiger partial charge on any atom is -0.508 e. The Morgan fingerprint density at radius 1 is 0.920 bits per heavy atom. The number of carbonyl (C=O) groups excluding carboxylic acids is 1. The summed E-state index contributed by atoms with van der Waals surface area (Å²) in [5, 5.41) is 9.47. The molecule has 1 aliphatic heterocycles. The van der Waals surface area contributed by atoms with Crippen LogP contribution in [0.15, 0.2) is 24.3 Å². The molecule has 4 saturated carbocycles. The van der Waals surface area contributed by atoms with Gasteiger partial charge in [-0.2, -0.15) is 0 Å². The highest BCUT2D eigenvalue weighted by Gasteiger charge is 2.55. The van der Waals surface area contributed by atoms with Crippen LogP contribution in [-0.2, 0) is 4.79 Å². The molecule has 4 aliphatic carbocycles. The molecule has 1 aromatic carbocycles. The van der Waals surface area contributed by atoms with Crippen molar-refractivity contribution in [3.05, 3.63) is 29.8 Å². The molecule has 1 aromatic rings. The number of amides is 1. The lowest BCUT2D eigenvalue weighted by Gasteiger charge is -2.57. The molecule has 5 fully saturated rings. The summed E-state index contributed by atoms with van der Waals surface area (Å²) >= 11 is 0. The molecule has 134 valence electrons. The molecule has 0 aromatic heterocycles. The Kier molecular flexibility index (Phi) is 3.62. The van der Waals surface area contributed by atoms with Gasteiger partial charge in [0.05, 0.1) is 5.41 Å². The largest absolute Gasteiger partial charge is 0.508 e. The number of nitrogens with zero attached hydrogens (tertiary/aromatic N) is 1. The van der Waals surface area contributed by atoms with E-state index in [1.54, 1.807) is 12.1 Å². The molecular formula is C22H29NO2. The number of benzene rings is 1. The summed E-state index contributed by atoms with van der Waals surface area (Å²) in [6.45, 7) is 1.82. The number of carbonyl (C=O) groups is 1. The van der Waals surface area contributed by atoms with Crippen LogP contribution in [0.4, 0.5) is 0 Å². The lowest BCUT2D eigenvalue weighted by Crippen LogP contribution is -2.55. The highest BCUT2D eigenvalue weighted by Crippen LogP contribution is 2.60. The minimum absolute atomic E-state index is 0.0140. The van der Waals surface area contributed by atoms with Crippen LogP contribution >= 0.6 is 0 Å². The Hall–Kier alpha value is -1.51. The van der Waals surface area contributed by atoms with Crippen LogP contribution in [0.25, 0.3) is 0 Å². The molecule has 1 N–H and O–H groups in total. The topological polar surface area (TPSA) is 40.5 Å². The van der Waals surface area contributed by atoms with Crippen LogP contribution in [0.3, 0.4) is 0 Å². The molecule has 1 saturated heterocycles. The summed E-state index contributed by atoms with van der Waals surface area (Å²) < 4.78 is 0. The molecule has 0 unspecified atom stereocenters. The molecule has 25 heavy (non-hydrogen) atoms. The van der Waals surface area contributed by atoms with E-state index in [9.17, 15) is 9.90 Å². The van der Waals surface area contributed by atoms with Crippen LogP contribution in [0.2, 0.25) is 0 Å². The predicted octanol–water partition coefficient (Wildman–Crippen LogP) is 4.31. The fraction of sp³-hybridized carbons (Fsp3) is 0.682. The summed E-state index contributed by atoms with van der Waals surface area (Å²) in [6, 6.07) is 7.64. The number of piperidine rings is 1. The van der Waals surface area contributed by atoms with E-state index in [0.717, 1.165) is 43.7 Å². The van der Waals surface area contributed by atoms with Crippen molar-refractivity contribution in [1.82, 2.24) is 4.90 Å². The first kappa shape index (κ1) is 15.7. The van der Waals surface area contributed by atoms with Gasteiger partial charge in [-0.05, 0) is 92.7 Å². The molecule has 3 heteroatoms. The average molecular weight is 339 g/mol. The first-order chi connectivity index (χ1) is 12.1. The van der Waals surface area contributed by atoms with Gasteiger partial charge in [0.1, 0.15) is 5.75 Å². The van der Waals surface area contributed by atoms with Crippen molar-refractivity contribution in [3.8, 4) is 5.75 Å². The lowest BCUT2D eigenvalue weighted by atomic mass is 9.49. The number of rotatable bonds is 2. The highest BCUT2D eigenvalue weighted by atomic mass is 16.3. The van der Waals surface area contributed by atoms with Gasteiger partial charge in [-0.3, -0.25) is 4.79 Å². The molecular weight excluding hydrogens is 310 g/mol. The van der Waals surface area contributed by atoms with E-state index in [2.05, 4.69) is 4.90 Å². The van der Waals surface area contributed by atoms with Crippen molar-refractivity contribution in [2.24, 2.45) is 23.2 Å².